The fourth-order valence-electron chi connectivity index (χ4n) is 3.74. The van der Waals surface area contributed by atoms with Crippen molar-refractivity contribution in [3.63, 3.8) is 0 Å². The first-order valence-electron chi connectivity index (χ1n) is 10.5. The van der Waals surface area contributed by atoms with Crippen LogP contribution in [0.25, 0.3) is 0 Å². The SMILES string of the molecule is O=C(NCc1ccc(Oc2ccccc2)cc1)N1CCC(Cc2ccccn2)CC1. The quantitative estimate of drug-likeness (QED) is 0.630. The minimum atomic E-state index is 0.0101. The second kappa shape index (κ2) is 9.92. The third-order valence-corrected chi connectivity index (χ3v) is 5.47. The van der Waals surface area contributed by atoms with Gasteiger partial charge in [0.15, 0.2) is 0 Å². The lowest BCUT2D eigenvalue weighted by molar-refractivity contribution is 0.170. The number of nitrogens with one attached hydrogen (secondary N) is 1. The van der Waals surface area contributed by atoms with Gasteiger partial charge in [0.05, 0.1) is 0 Å². The van der Waals surface area contributed by atoms with Gasteiger partial charge in [-0.05, 0) is 67.1 Å². The Morgan fingerprint density at radius 3 is 2.33 bits per heavy atom. The van der Waals surface area contributed by atoms with Crippen molar-refractivity contribution in [3.05, 3.63) is 90.3 Å². The Balaban J connectivity index is 1.20. The van der Waals surface area contributed by atoms with E-state index < -0.39 is 0 Å². The lowest BCUT2D eigenvalue weighted by Crippen LogP contribution is -2.44. The van der Waals surface area contributed by atoms with Gasteiger partial charge in [-0.3, -0.25) is 4.98 Å². The molecule has 0 radical (unpaired) electrons. The molecule has 5 nitrogen and oxygen atoms in total. The zero-order chi connectivity index (χ0) is 20.6. The summed E-state index contributed by atoms with van der Waals surface area (Å²) in [5, 5.41) is 3.04. The van der Waals surface area contributed by atoms with Crippen molar-refractivity contribution < 1.29 is 9.53 Å². The number of piperidine rings is 1. The van der Waals surface area contributed by atoms with E-state index in [2.05, 4.69) is 16.4 Å². The maximum Gasteiger partial charge on any atom is 0.317 e. The molecule has 0 aliphatic carbocycles. The Hall–Kier alpha value is -3.34. The van der Waals surface area contributed by atoms with Crippen LogP contribution in [0.3, 0.4) is 0 Å². The van der Waals surface area contributed by atoms with E-state index in [9.17, 15) is 4.79 Å². The lowest BCUT2D eigenvalue weighted by Gasteiger charge is -2.32. The average Bonchev–Trinajstić information content (AvgIpc) is 2.80. The van der Waals surface area contributed by atoms with Crippen molar-refractivity contribution in [2.75, 3.05) is 13.1 Å². The summed E-state index contributed by atoms with van der Waals surface area (Å²) in [5.41, 5.74) is 2.19. The van der Waals surface area contributed by atoms with Crippen LogP contribution in [0.4, 0.5) is 4.79 Å². The zero-order valence-corrected chi connectivity index (χ0v) is 17.0. The number of ether oxygens (including phenoxy) is 1. The van der Waals surface area contributed by atoms with Gasteiger partial charge in [-0.2, -0.15) is 0 Å². The summed E-state index contributed by atoms with van der Waals surface area (Å²) in [6.45, 7) is 2.11. The largest absolute Gasteiger partial charge is 0.457 e. The smallest absolute Gasteiger partial charge is 0.317 e. The number of nitrogens with zero attached hydrogens (tertiary/aromatic N) is 2. The van der Waals surface area contributed by atoms with Crippen LogP contribution >= 0.6 is 0 Å². The summed E-state index contributed by atoms with van der Waals surface area (Å²) in [5.74, 6) is 2.19. The van der Waals surface area contributed by atoms with Crippen molar-refractivity contribution in [2.45, 2.75) is 25.8 Å². The van der Waals surface area contributed by atoms with Crippen molar-refractivity contribution in [1.29, 1.82) is 0 Å². The highest BCUT2D eigenvalue weighted by molar-refractivity contribution is 5.74. The number of para-hydroxylation sites is 1. The molecule has 5 heteroatoms. The lowest BCUT2D eigenvalue weighted by atomic mass is 9.92. The minimum absolute atomic E-state index is 0.0101. The van der Waals surface area contributed by atoms with E-state index in [0.717, 1.165) is 55.1 Å². The van der Waals surface area contributed by atoms with E-state index in [0.29, 0.717) is 12.5 Å². The molecule has 3 aromatic rings. The molecule has 30 heavy (non-hydrogen) atoms. The van der Waals surface area contributed by atoms with E-state index in [-0.39, 0.29) is 6.03 Å². The van der Waals surface area contributed by atoms with Crippen molar-refractivity contribution in [2.24, 2.45) is 5.92 Å². The highest BCUT2D eigenvalue weighted by Crippen LogP contribution is 2.22. The number of rotatable bonds is 6. The summed E-state index contributed by atoms with van der Waals surface area (Å²) in [6, 6.07) is 23.6. The molecule has 1 aromatic heterocycles. The van der Waals surface area contributed by atoms with Gasteiger partial charge in [-0.25, -0.2) is 4.79 Å². The molecule has 0 bridgehead atoms. The van der Waals surface area contributed by atoms with Gasteiger partial charge in [-0.15, -0.1) is 0 Å². The summed E-state index contributed by atoms with van der Waals surface area (Å²) < 4.78 is 5.81. The number of carbonyl (C=O) groups is 1. The maximum atomic E-state index is 12.5. The minimum Gasteiger partial charge on any atom is -0.457 e. The van der Waals surface area contributed by atoms with Crippen LogP contribution in [0.5, 0.6) is 11.5 Å². The molecule has 1 N–H and O–H groups in total. The number of hydrogen-bond donors (Lipinski definition) is 1. The Labute approximate surface area is 177 Å². The summed E-state index contributed by atoms with van der Waals surface area (Å²) in [7, 11) is 0. The number of carbonyl (C=O) groups excluding carboxylic acids is 1. The molecule has 4 rings (SSSR count). The average molecular weight is 402 g/mol. The predicted molar refractivity (Wildman–Crippen MR) is 117 cm³/mol. The second-order valence-corrected chi connectivity index (χ2v) is 7.67. The van der Waals surface area contributed by atoms with Crippen LogP contribution in [0.15, 0.2) is 79.0 Å². The van der Waals surface area contributed by atoms with Crippen LogP contribution in [0.2, 0.25) is 0 Å². The standard InChI is InChI=1S/C25H27N3O2/c29-25(28-16-13-20(14-17-28)18-22-6-4-5-15-26-22)27-19-21-9-11-24(12-10-21)30-23-7-2-1-3-8-23/h1-12,15,20H,13-14,16-19H2,(H,27,29). The fraction of sp³-hybridized carbons (Fsp3) is 0.280. The van der Waals surface area contributed by atoms with Gasteiger partial charge in [0.2, 0.25) is 0 Å². The first-order chi connectivity index (χ1) is 14.8. The fourth-order valence-corrected chi connectivity index (χ4v) is 3.74. The number of pyridine rings is 1. The molecule has 154 valence electrons. The number of hydrogen-bond acceptors (Lipinski definition) is 3. The number of aromatic nitrogens is 1. The number of likely N-dealkylation sites (tertiary alicyclic amines) is 1. The van der Waals surface area contributed by atoms with Gasteiger partial charge >= 0.3 is 6.03 Å². The van der Waals surface area contributed by atoms with E-state index in [1.165, 1.54) is 0 Å². The van der Waals surface area contributed by atoms with Gasteiger partial charge in [0.1, 0.15) is 11.5 Å². The molecule has 0 saturated carbocycles. The molecular formula is C25H27N3O2. The Morgan fingerprint density at radius 1 is 0.933 bits per heavy atom. The summed E-state index contributed by atoms with van der Waals surface area (Å²) in [4.78, 5) is 18.9. The predicted octanol–water partition coefficient (Wildman–Crippen LogP) is 5.04. The van der Waals surface area contributed by atoms with Gasteiger partial charge in [0, 0.05) is 31.5 Å². The van der Waals surface area contributed by atoms with Crippen LogP contribution in [-0.4, -0.2) is 29.0 Å². The Kier molecular flexibility index (Phi) is 6.60. The summed E-state index contributed by atoms with van der Waals surface area (Å²) in [6.07, 6.45) is 4.89. The number of benzene rings is 2. The Morgan fingerprint density at radius 2 is 1.63 bits per heavy atom. The molecule has 2 heterocycles. The van der Waals surface area contributed by atoms with Gasteiger partial charge in [0.25, 0.3) is 0 Å². The number of urea groups is 1. The summed E-state index contributed by atoms with van der Waals surface area (Å²) >= 11 is 0. The zero-order valence-electron chi connectivity index (χ0n) is 17.0. The molecule has 2 aromatic carbocycles. The molecule has 2 amide bonds. The van der Waals surface area contributed by atoms with Crippen LogP contribution in [0.1, 0.15) is 24.1 Å². The van der Waals surface area contributed by atoms with Gasteiger partial charge < -0.3 is 15.0 Å². The Bertz CT molecular complexity index is 922. The van der Waals surface area contributed by atoms with Gasteiger partial charge in [-0.1, -0.05) is 36.4 Å². The molecule has 1 aliphatic rings. The third-order valence-electron chi connectivity index (χ3n) is 5.47. The first-order valence-corrected chi connectivity index (χ1v) is 10.5. The highest BCUT2D eigenvalue weighted by Gasteiger charge is 2.23. The molecule has 0 spiro atoms. The van der Waals surface area contributed by atoms with Crippen LogP contribution in [0, 0.1) is 5.92 Å². The molecule has 0 atom stereocenters. The molecule has 1 fully saturated rings. The monoisotopic (exact) mass is 401 g/mol. The van der Waals surface area contributed by atoms with E-state index in [4.69, 9.17) is 4.74 Å². The van der Waals surface area contributed by atoms with E-state index in [1.54, 1.807) is 0 Å². The number of amides is 2. The van der Waals surface area contributed by atoms with E-state index in [1.807, 2.05) is 77.8 Å². The van der Waals surface area contributed by atoms with Crippen molar-refractivity contribution in [3.8, 4) is 11.5 Å². The normalized spacial score (nSPS) is 14.3. The van der Waals surface area contributed by atoms with Crippen molar-refractivity contribution >= 4 is 6.03 Å². The van der Waals surface area contributed by atoms with Crippen LogP contribution in [-0.2, 0) is 13.0 Å². The molecule has 1 aliphatic heterocycles. The second-order valence-electron chi connectivity index (χ2n) is 7.67. The third kappa shape index (κ3) is 5.60. The maximum absolute atomic E-state index is 12.5. The topological polar surface area (TPSA) is 54.5 Å². The van der Waals surface area contributed by atoms with Crippen LogP contribution < -0.4 is 10.1 Å². The van der Waals surface area contributed by atoms with Crippen molar-refractivity contribution in [1.82, 2.24) is 15.2 Å². The molecular weight excluding hydrogens is 374 g/mol. The van der Waals surface area contributed by atoms with E-state index >= 15 is 0 Å². The first kappa shape index (κ1) is 20.0. The molecule has 1 saturated heterocycles. The molecule has 0 unspecified atom stereocenters. The highest BCUT2D eigenvalue weighted by atomic mass is 16.5.